The van der Waals surface area contributed by atoms with Crippen LogP contribution in [0.1, 0.15) is 37.7 Å². The number of hydrogen-bond donors (Lipinski definition) is 2. The Kier molecular flexibility index (Phi) is 6.34. The van der Waals surface area contributed by atoms with Crippen LogP contribution in [-0.4, -0.2) is 37.3 Å². The summed E-state index contributed by atoms with van der Waals surface area (Å²) in [5, 5.41) is 6.59. The van der Waals surface area contributed by atoms with Gasteiger partial charge in [-0.25, -0.2) is 4.98 Å². The molecule has 0 radical (unpaired) electrons. The largest absolute Gasteiger partial charge is 0.490 e. The van der Waals surface area contributed by atoms with E-state index in [1.54, 1.807) is 7.05 Å². The van der Waals surface area contributed by atoms with Crippen LogP contribution < -0.4 is 24.8 Å². The fraction of sp³-hybridized carbons (Fsp3) is 0.455. The molecule has 1 aromatic carbocycles. The summed E-state index contributed by atoms with van der Waals surface area (Å²) in [7, 11) is 1.75. The number of aliphatic imine (C=N–C) groups is 1. The maximum atomic E-state index is 5.92. The van der Waals surface area contributed by atoms with Gasteiger partial charge in [0.1, 0.15) is 6.10 Å². The summed E-state index contributed by atoms with van der Waals surface area (Å²) in [4.78, 5) is 8.73. The van der Waals surface area contributed by atoms with E-state index in [-0.39, 0.29) is 0 Å². The lowest BCUT2D eigenvalue weighted by Crippen LogP contribution is -2.30. The first-order valence-corrected chi connectivity index (χ1v) is 10.3. The molecule has 154 valence electrons. The molecular formula is C22H28N4O3. The van der Waals surface area contributed by atoms with Gasteiger partial charge in [0.25, 0.3) is 0 Å². The topological polar surface area (TPSA) is 77.0 Å². The number of rotatable bonds is 5. The predicted octanol–water partition coefficient (Wildman–Crippen LogP) is 3.75. The number of anilines is 1. The van der Waals surface area contributed by atoms with Crippen LogP contribution in [0.2, 0.25) is 0 Å². The van der Waals surface area contributed by atoms with Gasteiger partial charge in [-0.1, -0.05) is 6.07 Å². The number of nitrogens with one attached hydrogen (secondary N) is 2. The van der Waals surface area contributed by atoms with Crippen LogP contribution in [0.3, 0.4) is 0 Å². The number of aromatic nitrogens is 1. The molecular weight excluding hydrogens is 368 g/mol. The third-order valence-electron chi connectivity index (χ3n) is 5.08. The lowest BCUT2D eigenvalue weighted by atomic mass is 10.2. The van der Waals surface area contributed by atoms with Crippen molar-refractivity contribution in [3.63, 3.8) is 0 Å². The van der Waals surface area contributed by atoms with E-state index < -0.39 is 0 Å². The van der Waals surface area contributed by atoms with Crippen molar-refractivity contribution in [1.29, 1.82) is 0 Å². The Balaban J connectivity index is 1.31. The number of benzene rings is 1. The molecule has 4 rings (SSSR count). The summed E-state index contributed by atoms with van der Waals surface area (Å²) in [5.74, 6) is 2.91. The number of fused-ring (bicyclic) bond motifs is 1. The normalized spacial score (nSPS) is 16.9. The Morgan fingerprint density at radius 1 is 1.10 bits per heavy atom. The van der Waals surface area contributed by atoms with Crippen molar-refractivity contribution >= 4 is 11.6 Å². The van der Waals surface area contributed by atoms with Crippen LogP contribution in [0.25, 0.3) is 0 Å². The van der Waals surface area contributed by atoms with Gasteiger partial charge < -0.3 is 24.8 Å². The Labute approximate surface area is 171 Å². The molecule has 0 bridgehead atoms. The van der Waals surface area contributed by atoms with Gasteiger partial charge in [-0.2, -0.15) is 0 Å². The van der Waals surface area contributed by atoms with Crippen molar-refractivity contribution in [3.05, 3.63) is 42.1 Å². The van der Waals surface area contributed by atoms with E-state index in [0.29, 0.717) is 37.7 Å². The zero-order valence-corrected chi connectivity index (χ0v) is 16.8. The maximum absolute atomic E-state index is 5.92. The van der Waals surface area contributed by atoms with Gasteiger partial charge >= 0.3 is 0 Å². The molecule has 2 heterocycles. The van der Waals surface area contributed by atoms with E-state index >= 15 is 0 Å². The summed E-state index contributed by atoms with van der Waals surface area (Å²) in [6, 6.07) is 9.78. The van der Waals surface area contributed by atoms with Gasteiger partial charge in [0.05, 0.1) is 13.2 Å². The fourth-order valence-corrected chi connectivity index (χ4v) is 3.50. The van der Waals surface area contributed by atoms with Gasteiger partial charge in [0, 0.05) is 44.0 Å². The fourth-order valence-electron chi connectivity index (χ4n) is 3.50. The molecule has 1 aliphatic carbocycles. The quantitative estimate of drug-likeness (QED) is 0.592. The molecule has 29 heavy (non-hydrogen) atoms. The Morgan fingerprint density at radius 3 is 2.69 bits per heavy atom. The minimum Gasteiger partial charge on any atom is -0.490 e. The second kappa shape index (κ2) is 9.49. The highest BCUT2D eigenvalue weighted by Gasteiger charge is 2.17. The smallest absolute Gasteiger partial charge is 0.213 e. The van der Waals surface area contributed by atoms with Gasteiger partial charge in [0.15, 0.2) is 17.5 Å². The molecule has 7 nitrogen and oxygen atoms in total. The molecule has 0 amide bonds. The lowest BCUT2D eigenvalue weighted by molar-refractivity contribution is 0.201. The first-order chi connectivity index (χ1) is 14.3. The molecule has 1 fully saturated rings. The first-order valence-electron chi connectivity index (χ1n) is 10.3. The molecule has 1 aliphatic heterocycles. The highest BCUT2D eigenvalue weighted by atomic mass is 16.5. The van der Waals surface area contributed by atoms with Crippen molar-refractivity contribution in [2.45, 2.75) is 44.8 Å². The van der Waals surface area contributed by atoms with Crippen LogP contribution in [0.5, 0.6) is 17.4 Å². The number of ether oxygens (including phenoxy) is 3. The second-order valence-electron chi connectivity index (χ2n) is 7.29. The van der Waals surface area contributed by atoms with Crippen molar-refractivity contribution in [2.75, 3.05) is 25.6 Å². The summed E-state index contributed by atoms with van der Waals surface area (Å²) in [6.07, 6.45) is 7.83. The van der Waals surface area contributed by atoms with Crippen LogP contribution >= 0.6 is 0 Å². The molecule has 0 atom stereocenters. The average molecular weight is 396 g/mol. The van der Waals surface area contributed by atoms with Crippen LogP contribution in [-0.2, 0) is 6.54 Å². The third kappa shape index (κ3) is 5.31. The molecule has 2 N–H and O–H groups in total. The first kappa shape index (κ1) is 19.4. The summed E-state index contributed by atoms with van der Waals surface area (Å²) in [6.45, 7) is 1.96. The Hall–Kier alpha value is -2.96. The molecule has 2 aromatic rings. The Bertz CT molecular complexity index is 832. The monoisotopic (exact) mass is 396 g/mol. The van der Waals surface area contributed by atoms with Gasteiger partial charge in [-0.05, 0) is 43.4 Å². The van der Waals surface area contributed by atoms with E-state index in [0.717, 1.165) is 42.0 Å². The van der Waals surface area contributed by atoms with E-state index in [1.807, 2.05) is 36.5 Å². The summed E-state index contributed by atoms with van der Waals surface area (Å²) < 4.78 is 17.3. The van der Waals surface area contributed by atoms with Gasteiger partial charge in [-0.3, -0.25) is 4.99 Å². The summed E-state index contributed by atoms with van der Waals surface area (Å²) in [5.41, 5.74) is 1.95. The molecule has 0 saturated heterocycles. The minimum atomic E-state index is 0.324. The molecule has 0 spiro atoms. The van der Waals surface area contributed by atoms with Gasteiger partial charge in [-0.15, -0.1) is 0 Å². The number of nitrogens with zero attached hydrogens (tertiary/aromatic N) is 2. The summed E-state index contributed by atoms with van der Waals surface area (Å²) >= 11 is 0. The third-order valence-corrected chi connectivity index (χ3v) is 5.08. The maximum Gasteiger partial charge on any atom is 0.213 e. The lowest BCUT2D eigenvalue weighted by Gasteiger charge is -2.14. The highest BCUT2D eigenvalue weighted by Crippen LogP contribution is 2.32. The van der Waals surface area contributed by atoms with Gasteiger partial charge in [0.2, 0.25) is 5.88 Å². The van der Waals surface area contributed by atoms with Crippen molar-refractivity contribution in [1.82, 2.24) is 10.3 Å². The molecule has 1 aromatic heterocycles. The van der Waals surface area contributed by atoms with Crippen LogP contribution in [0, 0.1) is 0 Å². The van der Waals surface area contributed by atoms with Crippen molar-refractivity contribution in [3.8, 4) is 17.4 Å². The van der Waals surface area contributed by atoms with E-state index in [9.17, 15) is 0 Å². The zero-order chi connectivity index (χ0) is 19.9. The molecule has 0 unspecified atom stereocenters. The van der Waals surface area contributed by atoms with E-state index in [1.165, 1.54) is 12.8 Å². The van der Waals surface area contributed by atoms with E-state index in [2.05, 4.69) is 20.6 Å². The van der Waals surface area contributed by atoms with Crippen molar-refractivity contribution < 1.29 is 14.2 Å². The minimum absolute atomic E-state index is 0.324. The number of guanidine groups is 1. The molecule has 2 aliphatic rings. The number of hydrogen-bond acceptors (Lipinski definition) is 5. The van der Waals surface area contributed by atoms with Crippen LogP contribution in [0.4, 0.5) is 5.69 Å². The van der Waals surface area contributed by atoms with Crippen molar-refractivity contribution in [2.24, 2.45) is 4.99 Å². The number of pyridine rings is 1. The average Bonchev–Trinajstić information content (AvgIpc) is 3.15. The Morgan fingerprint density at radius 2 is 1.93 bits per heavy atom. The van der Waals surface area contributed by atoms with E-state index in [4.69, 9.17) is 14.2 Å². The second-order valence-corrected chi connectivity index (χ2v) is 7.29. The molecule has 1 saturated carbocycles. The highest BCUT2D eigenvalue weighted by molar-refractivity contribution is 5.93. The standard InChI is InChI=1S/C22H28N4O3/c1-23-22(26-17-8-9-19-20(13-17)28-12-4-11-27-19)25-15-16-7-10-21(24-14-16)29-18-5-2-3-6-18/h7-10,13-14,18H,2-6,11-12,15H2,1H3,(H2,23,25,26). The zero-order valence-electron chi connectivity index (χ0n) is 16.8. The van der Waals surface area contributed by atoms with Crippen LogP contribution in [0.15, 0.2) is 41.5 Å². The SMILES string of the molecule is CN=C(NCc1ccc(OC2CCCC2)nc1)Nc1ccc2c(c1)OCCCO2. The molecule has 7 heteroatoms. The predicted molar refractivity (Wildman–Crippen MR) is 113 cm³/mol.